The number of ether oxygens (including phenoxy) is 4. The SMILES string of the molecule is C=Cc1cc(OC)c(O)c(OC)c1.C=Cc1cc(OC)c(O)c(OC)c1. The molecule has 0 fully saturated rings. The lowest BCUT2D eigenvalue weighted by molar-refractivity contribution is 0.340. The van der Waals surface area contributed by atoms with Crippen LogP contribution in [-0.4, -0.2) is 38.7 Å². The summed E-state index contributed by atoms with van der Waals surface area (Å²) >= 11 is 0. The Kier molecular flexibility index (Phi) is 7.89. The Morgan fingerprint density at radius 3 is 1.00 bits per heavy atom. The van der Waals surface area contributed by atoms with Crippen molar-refractivity contribution in [3.8, 4) is 34.5 Å². The summed E-state index contributed by atoms with van der Waals surface area (Å²) in [5.41, 5.74) is 1.68. The summed E-state index contributed by atoms with van der Waals surface area (Å²) in [6.45, 7) is 7.24. The van der Waals surface area contributed by atoms with Crippen LogP contribution in [0.25, 0.3) is 12.2 Å². The standard InChI is InChI=1S/2C10H12O3/c2*1-4-7-5-8(12-2)10(11)9(6-7)13-3/h2*4-6,11H,1H2,2-3H3. The fourth-order valence-electron chi connectivity index (χ4n) is 2.06. The van der Waals surface area contributed by atoms with E-state index in [-0.39, 0.29) is 11.5 Å². The normalized spacial score (nSPS) is 9.38. The zero-order chi connectivity index (χ0) is 19.7. The summed E-state index contributed by atoms with van der Waals surface area (Å²) in [5, 5.41) is 19.0. The molecule has 26 heavy (non-hydrogen) atoms. The molecule has 0 spiro atoms. The van der Waals surface area contributed by atoms with Crippen molar-refractivity contribution in [1.82, 2.24) is 0 Å². The first-order valence-electron chi connectivity index (χ1n) is 7.60. The summed E-state index contributed by atoms with van der Waals surface area (Å²) < 4.78 is 19.8. The number of hydrogen-bond donors (Lipinski definition) is 2. The van der Waals surface area contributed by atoms with Gasteiger partial charge in [-0.1, -0.05) is 25.3 Å². The highest BCUT2D eigenvalue weighted by Crippen LogP contribution is 2.38. The van der Waals surface area contributed by atoms with E-state index < -0.39 is 0 Å². The van der Waals surface area contributed by atoms with Crippen LogP contribution >= 0.6 is 0 Å². The third-order valence-corrected chi connectivity index (χ3v) is 3.48. The molecule has 0 amide bonds. The number of phenolic OH excluding ortho intramolecular Hbond substituents is 2. The van der Waals surface area contributed by atoms with Crippen LogP contribution in [-0.2, 0) is 0 Å². The van der Waals surface area contributed by atoms with Crippen molar-refractivity contribution in [2.24, 2.45) is 0 Å². The zero-order valence-corrected chi connectivity index (χ0v) is 15.4. The second-order valence-corrected chi connectivity index (χ2v) is 4.96. The molecule has 0 saturated carbocycles. The lowest BCUT2D eigenvalue weighted by Gasteiger charge is -2.08. The van der Waals surface area contributed by atoms with Crippen LogP contribution in [0.4, 0.5) is 0 Å². The fraction of sp³-hybridized carbons (Fsp3) is 0.200. The predicted molar refractivity (Wildman–Crippen MR) is 103 cm³/mol. The van der Waals surface area contributed by atoms with Gasteiger partial charge in [0, 0.05) is 0 Å². The maximum atomic E-state index is 9.52. The second kappa shape index (κ2) is 9.88. The van der Waals surface area contributed by atoms with Crippen LogP contribution in [0.15, 0.2) is 37.4 Å². The van der Waals surface area contributed by atoms with Gasteiger partial charge in [-0.3, -0.25) is 0 Å². The highest BCUT2D eigenvalue weighted by atomic mass is 16.5. The molecular formula is C20H24O6. The molecule has 0 bridgehead atoms. The number of methoxy groups -OCH3 is 4. The molecule has 0 saturated heterocycles. The first-order chi connectivity index (χ1) is 12.4. The molecule has 0 radical (unpaired) electrons. The van der Waals surface area contributed by atoms with E-state index in [1.807, 2.05) is 0 Å². The van der Waals surface area contributed by atoms with Gasteiger partial charge in [0.05, 0.1) is 28.4 Å². The maximum absolute atomic E-state index is 9.52. The Bertz CT molecular complexity index is 651. The van der Waals surface area contributed by atoms with Crippen molar-refractivity contribution in [2.45, 2.75) is 0 Å². The average molecular weight is 360 g/mol. The molecule has 2 N–H and O–H groups in total. The molecule has 6 nitrogen and oxygen atoms in total. The summed E-state index contributed by atoms with van der Waals surface area (Å²) in [6, 6.07) is 6.74. The Hall–Kier alpha value is -3.28. The fourth-order valence-corrected chi connectivity index (χ4v) is 2.06. The van der Waals surface area contributed by atoms with Crippen molar-refractivity contribution >= 4 is 12.2 Å². The molecule has 0 unspecified atom stereocenters. The summed E-state index contributed by atoms with van der Waals surface area (Å²) in [4.78, 5) is 0. The summed E-state index contributed by atoms with van der Waals surface area (Å²) in [5.74, 6) is 1.55. The van der Waals surface area contributed by atoms with Crippen molar-refractivity contribution in [1.29, 1.82) is 0 Å². The smallest absolute Gasteiger partial charge is 0.200 e. The van der Waals surface area contributed by atoms with Crippen LogP contribution < -0.4 is 18.9 Å². The minimum Gasteiger partial charge on any atom is -0.502 e. The van der Waals surface area contributed by atoms with Crippen molar-refractivity contribution < 1.29 is 29.2 Å². The van der Waals surface area contributed by atoms with Gasteiger partial charge < -0.3 is 29.2 Å². The average Bonchev–Trinajstić information content (AvgIpc) is 2.68. The first-order valence-corrected chi connectivity index (χ1v) is 7.60. The monoisotopic (exact) mass is 360 g/mol. The summed E-state index contributed by atoms with van der Waals surface area (Å²) in [6.07, 6.45) is 3.31. The van der Waals surface area contributed by atoms with E-state index in [0.717, 1.165) is 11.1 Å². The van der Waals surface area contributed by atoms with Crippen molar-refractivity contribution in [3.63, 3.8) is 0 Å². The van der Waals surface area contributed by atoms with Gasteiger partial charge in [-0.15, -0.1) is 0 Å². The first kappa shape index (κ1) is 20.8. The molecule has 0 atom stereocenters. The van der Waals surface area contributed by atoms with Crippen molar-refractivity contribution in [3.05, 3.63) is 48.6 Å². The van der Waals surface area contributed by atoms with Crippen LogP contribution in [0.5, 0.6) is 34.5 Å². The highest BCUT2D eigenvalue weighted by Gasteiger charge is 2.10. The van der Waals surface area contributed by atoms with Gasteiger partial charge in [0.2, 0.25) is 11.5 Å². The van der Waals surface area contributed by atoms with E-state index in [2.05, 4.69) is 13.2 Å². The number of phenols is 2. The van der Waals surface area contributed by atoms with E-state index in [1.165, 1.54) is 28.4 Å². The number of benzene rings is 2. The minimum absolute atomic E-state index is 0.00981. The van der Waals surface area contributed by atoms with Gasteiger partial charge in [0.25, 0.3) is 0 Å². The van der Waals surface area contributed by atoms with Crippen molar-refractivity contribution in [2.75, 3.05) is 28.4 Å². The van der Waals surface area contributed by atoms with E-state index in [1.54, 1.807) is 36.4 Å². The van der Waals surface area contributed by atoms with Gasteiger partial charge >= 0.3 is 0 Å². The Labute approximate surface area is 153 Å². The second-order valence-electron chi connectivity index (χ2n) is 4.96. The molecule has 0 aliphatic carbocycles. The van der Waals surface area contributed by atoms with Gasteiger partial charge in [0.15, 0.2) is 23.0 Å². The van der Waals surface area contributed by atoms with E-state index in [4.69, 9.17) is 18.9 Å². The largest absolute Gasteiger partial charge is 0.502 e. The molecular weight excluding hydrogens is 336 g/mol. The lowest BCUT2D eigenvalue weighted by Crippen LogP contribution is -1.89. The molecule has 0 aliphatic rings. The Morgan fingerprint density at radius 1 is 0.615 bits per heavy atom. The van der Waals surface area contributed by atoms with E-state index in [0.29, 0.717) is 23.0 Å². The molecule has 2 aromatic carbocycles. The highest BCUT2D eigenvalue weighted by molar-refractivity contribution is 5.61. The Balaban J connectivity index is 0.000000260. The van der Waals surface area contributed by atoms with Crippen LogP contribution in [0.1, 0.15) is 11.1 Å². The van der Waals surface area contributed by atoms with Crippen LogP contribution in [0, 0.1) is 0 Å². The van der Waals surface area contributed by atoms with Gasteiger partial charge in [0.1, 0.15) is 0 Å². The van der Waals surface area contributed by atoms with E-state index >= 15 is 0 Å². The third-order valence-electron chi connectivity index (χ3n) is 3.48. The zero-order valence-electron chi connectivity index (χ0n) is 15.4. The van der Waals surface area contributed by atoms with Crippen LogP contribution in [0.2, 0.25) is 0 Å². The molecule has 2 rings (SSSR count). The van der Waals surface area contributed by atoms with Crippen LogP contribution in [0.3, 0.4) is 0 Å². The molecule has 2 aromatic rings. The minimum atomic E-state index is 0.00981. The molecule has 0 aliphatic heterocycles. The molecule has 6 heteroatoms. The lowest BCUT2D eigenvalue weighted by atomic mass is 10.2. The summed E-state index contributed by atoms with van der Waals surface area (Å²) in [7, 11) is 5.95. The topological polar surface area (TPSA) is 77.4 Å². The number of aromatic hydroxyl groups is 2. The molecule has 0 heterocycles. The maximum Gasteiger partial charge on any atom is 0.200 e. The quantitative estimate of drug-likeness (QED) is 0.807. The molecule has 0 aromatic heterocycles. The number of hydrogen-bond acceptors (Lipinski definition) is 6. The van der Waals surface area contributed by atoms with E-state index in [9.17, 15) is 10.2 Å². The third kappa shape index (κ3) is 4.86. The van der Waals surface area contributed by atoms with Gasteiger partial charge in [-0.05, 0) is 35.4 Å². The molecule has 140 valence electrons. The Morgan fingerprint density at radius 2 is 0.846 bits per heavy atom. The van der Waals surface area contributed by atoms with Gasteiger partial charge in [-0.2, -0.15) is 0 Å². The predicted octanol–water partition coefficient (Wildman–Crippen LogP) is 4.10. The number of rotatable bonds is 6. The van der Waals surface area contributed by atoms with Gasteiger partial charge in [-0.25, -0.2) is 0 Å².